The van der Waals surface area contributed by atoms with E-state index in [4.69, 9.17) is 4.74 Å². The van der Waals surface area contributed by atoms with Crippen LogP contribution < -0.4 is 4.74 Å². The molecule has 0 saturated carbocycles. The first-order valence-corrected chi connectivity index (χ1v) is 7.16. The zero-order valence-corrected chi connectivity index (χ0v) is 12.5. The lowest BCUT2D eigenvalue weighted by atomic mass is 9.78. The van der Waals surface area contributed by atoms with E-state index >= 15 is 0 Å². The van der Waals surface area contributed by atoms with Gasteiger partial charge in [0.15, 0.2) is 11.5 Å². The minimum absolute atomic E-state index is 0.0659. The highest BCUT2D eigenvalue weighted by Gasteiger charge is 2.31. The summed E-state index contributed by atoms with van der Waals surface area (Å²) < 4.78 is 5.05. The molecule has 0 bridgehead atoms. The fourth-order valence-corrected chi connectivity index (χ4v) is 2.63. The molecule has 0 radical (unpaired) electrons. The third-order valence-electron chi connectivity index (χ3n) is 4.56. The second kappa shape index (κ2) is 5.73. The highest BCUT2D eigenvalue weighted by Crippen LogP contribution is 2.36. The molecule has 1 aliphatic heterocycles. The number of amides is 1. The fourth-order valence-electron chi connectivity index (χ4n) is 2.63. The molecular formula is C16H23NO3. The number of likely N-dealkylation sites (tertiary alicyclic amines) is 1. The van der Waals surface area contributed by atoms with Crippen LogP contribution in [0.15, 0.2) is 18.2 Å². The second-order valence-electron chi connectivity index (χ2n) is 5.81. The van der Waals surface area contributed by atoms with E-state index in [0.717, 1.165) is 32.4 Å². The van der Waals surface area contributed by atoms with E-state index in [1.165, 1.54) is 7.11 Å². The van der Waals surface area contributed by atoms with E-state index < -0.39 is 0 Å². The summed E-state index contributed by atoms with van der Waals surface area (Å²) in [7, 11) is 1.48. The zero-order valence-electron chi connectivity index (χ0n) is 12.5. The van der Waals surface area contributed by atoms with Crippen LogP contribution in [0.3, 0.4) is 0 Å². The Morgan fingerprint density at radius 3 is 2.60 bits per heavy atom. The van der Waals surface area contributed by atoms with Crippen LogP contribution in [0.1, 0.15) is 43.5 Å². The Hall–Kier alpha value is -1.71. The molecule has 1 fully saturated rings. The summed E-state index contributed by atoms with van der Waals surface area (Å²) in [5.41, 5.74) is 0.664. The third-order valence-corrected chi connectivity index (χ3v) is 4.56. The number of hydrogen-bond acceptors (Lipinski definition) is 3. The predicted octanol–water partition coefficient (Wildman–Crippen LogP) is 3.05. The Kier molecular flexibility index (Phi) is 4.21. The van der Waals surface area contributed by atoms with Crippen LogP contribution in [0.5, 0.6) is 11.5 Å². The summed E-state index contributed by atoms with van der Waals surface area (Å²) in [6, 6.07) is 5.02. The van der Waals surface area contributed by atoms with Gasteiger partial charge in [-0.25, -0.2) is 0 Å². The standard InChI is InChI=1S/C16H23NO3/c1-4-16(2)8-10-17(11-9-16)15(19)12-6-5-7-13(20-3)14(12)18/h5-7,18H,4,8-11H2,1-3H3. The number of phenolic OH excluding ortho intramolecular Hbond substituents is 1. The quantitative estimate of drug-likeness (QED) is 0.923. The Labute approximate surface area is 120 Å². The molecular weight excluding hydrogens is 254 g/mol. The van der Waals surface area contributed by atoms with E-state index in [2.05, 4.69) is 13.8 Å². The highest BCUT2D eigenvalue weighted by atomic mass is 16.5. The molecule has 0 atom stereocenters. The monoisotopic (exact) mass is 277 g/mol. The fraction of sp³-hybridized carbons (Fsp3) is 0.562. The van der Waals surface area contributed by atoms with Crippen LogP contribution in [0.4, 0.5) is 0 Å². The number of nitrogens with zero attached hydrogens (tertiary/aromatic N) is 1. The van der Waals surface area contributed by atoms with Crippen molar-refractivity contribution in [2.75, 3.05) is 20.2 Å². The lowest BCUT2D eigenvalue weighted by Gasteiger charge is -2.39. The van der Waals surface area contributed by atoms with E-state index in [9.17, 15) is 9.90 Å². The summed E-state index contributed by atoms with van der Waals surface area (Å²) in [4.78, 5) is 14.3. The largest absolute Gasteiger partial charge is 0.504 e. The number of hydrogen-bond donors (Lipinski definition) is 1. The van der Waals surface area contributed by atoms with Crippen LogP contribution in [0, 0.1) is 5.41 Å². The van der Waals surface area contributed by atoms with Gasteiger partial charge in [0.1, 0.15) is 0 Å². The Bertz CT molecular complexity index is 490. The molecule has 1 saturated heterocycles. The van der Waals surface area contributed by atoms with Crippen molar-refractivity contribution in [2.24, 2.45) is 5.41 Å². The van der Waals surface area contributed by atoms with Gasteiger partial charge in [0.05, 0.1) is 12.7 Å². The summed E-state index contributed by atoms with van der Waals surface area (Å²) in [5, 5.41) is 10.1. The van der Waals surface area contributed by atoms with Gasteiger partial charge in [0, 0.05) is 13.1 Å². The molecule has 1 N–H and O–H groups in total. The number of rotatable bonds is 3. The summed E-state index contributed by atoms with van der Waals surface area (Å²) in [5.74, 6) is 0.162. The number of benzene rings is 1. The van der Waals surface area contributed by atoms with Crippen molar-refractivity contribution in [3.8, 4) is 11.5 Å². The number of para-hydroxylation sites is 1. The predicted molar refractivity (Wildman–Crippen MR) is 78.2 cm³/mol. The van der Waals surface area contributed by atoms with Crippen molar-refractivity contribution in [2.45, 2.75) is 33.1 Å². The van der Waals surface area contributed by atoms with Crippen molar-refractivity contribution in [3.63, 3.8) is 0 Å². The van der Waals surface area contributed by atoms with E-state index in [-0.39, 0.29) is 11.7 Å². The second-order valence-corrected chi connectivity index (χ2v) is 5.81. The molecule has 1 aromatic carbocycles. The maximum atomic E-state index is 12.5. The van der Waals surface area contributed by atoms with Gasteiger partial charge < -0.3 is 14.7 Å². The number of piperidine rings is 1. The van der Waals surface area contributed by atoms with Gasteiger partial charge in [-0.05, 0) is 30.4 Å². The van der Waals surface area contributed by atoms with Crippen molar-refractivity contribution >= 4 is 5.91 Å². The molecule has 0 unspecified atom stereocenters. The molecule has 110 valence electrons. The molecule has 4 nitrogen and oxygen atoms in total. The minimum atomic E-state index is -0.112. The Balaban J connectivity index is 2.13. The maximum absolute atomic E-state index is 12.5. The smallest absolute Gasteiger partial charge is 0.257 e. The Morgan fingerprint density at radius 1 is 1.40 bits per heavy atom. The lowest BCUT2D eigenvalue weighted by Crippen LogP contribution is -2.41. The lowest BCUT2D eigenvalue weighted by molar-refractivity contribution is 0.0597. The third kappa shape index (κ3) is 2.74. The van der Waals surface area contributed by atoms with E-state index in [0.29, 0.717) is 16.7 Å². The van der Waals surface area contributed by atoms with Crippen LogP contribution >= 0.6 is 0 Å². The number of carbonyl (C=O) groups is 1. The average Bonchev–Trinajstić information content (AvgIpc) is 2.47. The first-order chi connectivity index (χ1) is 9.50. The molecule has 4 heteroatoms. The molecule has 1 amide bonds. The van der Waals surface area contributed by atoms with Gasteiger partial charge in [0.2, 0.25) is 0 Å². The van der Waals surface area contributed by atoms with Crippen LogP contribution in [0.2, 0.25) is 0 Å². The molecule has 1 aromatic rings. The molecule has 0 aliphatic carbocycles. The zero-order chi connectivity index (χ0) is 14.8. The van der Waals surface area contributed by atoms with Gasteiger partial charge in [-0.3, -0.25) is 4.79 Å². The number of carbonyl (C=O) groups excluding carboxylic acids is 1. The van der Waals surface area contributed by atoms with Crippen molar-refractivity contribution in [3.05, 3.63) is 23.8 Å². The van der Waals surface area contributed by atoms with E-state index in [1.807, 2.05) is 4.90 Å². The SMILES string of the molecule is CCC1(C)CCN(C(=O)c2cccc(OC)c2O)CC1. The minimum Gasteiger partial charge on any atom is -0.504 e. The van der Waals surface area contributed by atoms with Gasteiger partial charge in [0.25, 0.3) is 5.91 Å². The van der Waals surface area contributed by atoms with Gasteiger partial charge in [-0.1, -0.05) is 26.3 Å². The number of methoxy groups -OCH3 is 1. The molecule has 1 heterocycles. The molecule has 2 rings (SSSR count). The Morgan fingerprint density at radius 2 is 2.05 bits per heavy atom. The number of aromatic hydroxyl groups is 1. The van der Waals surface area contributed by atoms with Crippen LogP contribution in [0.25, 0.3) is 0 Å². The topological polar surface area (TPSA) is 49.8 Å². The van der Waals surface area contributed by atoms with Crippen molar-refractivity contribution < 1.29 is 14.6 Å². The number of phenols is 1. The summed E-state index contributed by atoms with van der Waals surface area (Å²) in [6.07, 6.45) is 3.17. The molecule has 20 heavy (non-hydrogen) atoms. The molecule has 0 spiro atoms. The summed E-state index contributed by atoms with van der Waals surface area (Å²) in [6.45, 7) is 5.98. The highest BCUT2D eigenvalue weighted by molar-refractivity contribution is 5.97. The first kappa shape index (κ1) is 14.7. The van der Waals surface area contributed by atoms with Crippen molar-refractivity contribution in [1.29, 1.82) is 0 Å². The molecule has 1 aliphatic rings. The first-order valence-electron chi connectivity index (χ1n) is 7.16. The van der Waals surface area contributed by atoms with Crippen LogP contribution in [-0.4, -0.2) is 36.1 Å². The average molecular weight is 277 g/mol. The van der Waals surface area contributed by atoms with Gasteiger partial charge in [-0.15, -0.1) is 0 Å². The van der Waals surface area contributed by atoms with Gasteiger partial charge >= 0.3 is 0 Å². The van der Waals surface area contributed by atoms with Crippen molar-refractivity contribution in [1.82, 2.24) is 4.90 Å². The molecule has 0 aromatic heterocycles. The summed E-state index contributed by atoms with van der Waals surface area (Å²) >= 11 is 0. The van der Waals surface area contributed by atoms with Gasteiger partial charge in [-0.2, -0.15) is 0 Å². The normalized spacial score (nSPS) is 17.9. The maximum Gasteiger partial charge on any atom is 0.257 e. The van der Waals surface area contributed by atoms with Crippen LogP contribution in [-0.2, 0) is 0 Å². The number of ether oxygens (including phenoxy) is 1. The van der Waals surface area contributed by atoms with E-state index in [1.54, 1.807) is 18.2 Å².